The number of rotatable bonds is 4. The normalized spacial score (nSPS) is 15.8. The number of carboxylic acid groups (broad SMARTS) is 1. The van der Waals surface area contributed by atoms with E-state index in [1.165, 1.54) is 0 Å². The summed E-state index contributed by atoms with van der Waals surface area (Å²) in [6, 6.07) is 17.2. The third-order valence-corrected chi connectivity index (χ3v) is 5.83. The van der Waals surface area contributed by atoms with Gasteiger partial charge in [0.25, 0.3) is 5.91 Å². The maximum Gasteiger partial charge on any atom is 0.314 e. The molecule has 1 aliphatic heterocycles. The van der Waals surface area contributed by atoms with Gasteiger partial charge >= 0.3 is 5.97 Å². The summed E-state index contributed by atoms with van der Waals surface area (Å²) in [6.07, 6.45) is 4.10. The van der Waals surface area contributed by atoms with E-state index in [1.54, 1.807) is 22.0 Å². The van der Waals surface area contributed by atoms with E-state index in [-0.39, 0.29) is 5.91 Å². The zero-order valence-electron chi connectivity index (χ0n) is 16.3. The molecule has 0 unspecified atom stereocenters. The Hall–Kier alpha value is -3.41. The second kappa shape index (κ2) is 7.54. The number of para-hydroxylation sites is 1. The van der Waals surface area contributed by atoms with Gasteiger partial charge in [-0.2, -0.15) is 5.10 Å². The number of hydrogen-bond donors (Lipinski definition) is 1. The Morgan fingerprint density at radius 1 is 1.00 bits per heavy atom. The summed E-state index contributed by atoms with van der Waals surface area (Å²) in [7, 11) is 0. The smallest absolute Gasteiger partial charge is 0.314 e. The number of aromatic nitrogens is 2. The lowest BCUT2D eigenvalue weighted by atomic mass is 9.73. The molecule has 2 heterocycles. The fourth-order valence-electron chi connectivity index (χ4n) is 4.04. The third-order valence-electron chi connectivity index (χ3n) is 5.83. The van der Waals surface area contributed by atoms with E-state index in [9.17, 15) is 14.7 Å². The largest absolute Gasteiger partial charge is 0.481 e. The van der Waals surface area contributed by atoms with Gasteiger partial charge in [0.15, 0.2) is 0 Å². The first-order valence-corrected chi connectivity index (χ1v) is 9.70. The van der Waals surface area contributed by atoms with Crippen molar-refractivity contribution in [1.29, 1.82) is 0 Å². The van der Waals surface area contributed by atoms with Crippen molar-refractivity contribution in [3.8, 4) is 5.69 Å². The highest BCUT2D eigenvalue weighted by Gasteiger charge is 2.44. The molecule has 1 N–H and O–H groups in total. The average molecular weight is 389 g/mol. The van der Waals surface area contributed by atoms with Gasteiger partial charge in [0, 0.05) is 19.3 Å². The zero-order chi connectivity index (χ0) is 20.4. The lowest BCUT2D eigenvalue weighted by Gasteiger charge is -2.39. The summed E-state index contributed by atoms with van der Waals surface area (Å²) in [5, 5.41) is 14.3. The first-order valence-electron chi connectivity index (χ1n) is 9.70. The fourth-order valence-corrected chi connectivity index (χ4v) is 4.04. The van der Waals surface area contributed by atoms with Gasteiger partial charge in [-0.25, -0.2) is 4.68 Å². The lowest BCUT2D eigenvalue weighted by molar-refractivity contribution is -0.145. The predicted octanol–water partition coefficient (Wildman–Crippen LogP) is 3.44. The Balaban J connectivity index is 1.51. The van der Waals surface area contributed by atoms with Crippen LogP contribution in [0.2, 0.25) is 0 Å². The number of likely N-dealkylation sites (tertiary alicyclic amines) is 1. The summed E-state index contributed by atoms with van der Waals surface area (Å²) in [4.78, 5) is 26.8. The van der Waals surface area contributed by atoms with Crippen LogP contribution in [0.3, 0.4) is 0 Å². The Kier molecular flexibility index (Phi) is 4.92. The number of carbonyl (C=O) groups excluding carboxylic acids is 1. The molecule has 0 bridgehead atoms. The molecule has 2 aromatic carbocycles. The standard InChI is InChI=1S/C23H23N3O3/c1-17-7-5-6-10-20(17)26-16-18(15-24-26)21(27)25-13-11-23(12-14-25,22(28)29)19-8-3-2-4-9-19/h2-10,15-16H,11-14H2,1H3,(H,28,29). The van der Waals surface area contributed by atoms with Gasteiger partial charge < -0.3 is 10.0 Å². The number of amides is 1. The second-order valence-corrected chi connectivity index (χ2v) is 7.51. The first-order chi connectivity index (χ1) is 14.0. The minimum absolute atomic E-state index is 0.114. The van der Waals surface area contributed by atoms with Crippen molar-refractivity contribution < 1.29 is 14.7 Å². The maximum atomic E-state index is 13.0. The van der Waals surface area contributed by atoms with Crippen LogP contribution in [-0.2, 0) is 10.2 Å². The molecule has 29 heavy (non-hydrogen) atoms. The van der Waals surface area contributed by atoms with E-state index in [0.29, 0.717) is 31.5 Å². The lowest BCUT2D eigenvalue weighted by Crippen LogP contribution is -2.49. The summed E-state index contributed by atoms with van der Waals surface area (Å²) in [5.41, 5.74) is 2.37. The highest BCUT2D eigenvalue weighted by molar-refractivity contribution is 5.94. The average Bonchev–Trinajstić information content (AvgIpc) is 3.24. The first kappa shape index (κ1) is 18.9. The van der Waals surface area contributed by atoms with Crippen molar-refractivity contribution in [3.63, 3.8) is 0 Å². The molecule has 1 aliphatic rings. The van der Waals surface area contributed by atoms with Crippen LogP contribution >= 0.6 is 0 Å². The van der Waals surface area contributed by atoms with Gasteiger partial charge in [-0.05, 0) is 37.0 Å². The minimum Gasteiger partial charge on any atom is -0.481 e. The zero-order valence-corrected chi connectivity index (χ0v) is 16.3. The van der Waals surface area contributed by atoms with Gasteiger partial charge in [0.2, 0.25) is 0 Å². The molecule has 6 nitrogen and oxygen atoms in total. The molecule has 1 amide bonds. The summed E-state index contributed by atoms with van der Waals surface area (Å²) in [6.45, 7) is 2.79. The number of aliphatic carboxylic acids is 1. The van der Waals surface area contributed by atoms with Gasteiger partial charge in [-0.3, -0.25) is 9.59 Å². The van der Waals surface area contributed by atoms with Gasteiger partial charge in [0.1, 0.15) is 0 Å². The van der Waals surface area contributed by atoms with E-state index in [0.717, 1.165) is 16.8 Å². The van der Waals surface area contributed by atoms with E-state index in [2.05, 4.69) is 5.10 Å². The predicted molar refractivity (Wildman–Crippen MR) is 109 cm³/mol. The molecule has 3 aromatic rings. The molecule has 0 spiro atoms. The number of carbonyl (C=O) groups is 2. The van der Waals surface area contributed by atoms with Gasteiger partial charge in [-0.1, -0.05) is 48.5 Å². The molecular formula is C23H23N3O3. The molecule has 4 rings (SSSR count). The van der Waals surface area contributed by atoms with E-state index >= 15 is 0 Å². The number of benzene rings is 2. The number of nitrogens with zero attached hydrogens (tertiary/aromatic N) is 3. The molecule has 1 fully saturated rings. The van der Waals surface area contributed by atoms with Crippen molar-refractivity contribution in [2.75, 3.05) is 13.1 Å². The number of aryl methyl sites for hydroxylation is 1. The van der Waals surface area contributed by atoms with Crippen molar-refractivity contribution in [3.05, 3.63) is 83.7 Å². The highest BCUT2D eigenvalue weighted by atomic mass is 16.4. The molecule has 148 valence electrons. The molecule has 1 saturated heterocycles. The third kappa shape index (κ3) is 3.42. The van der Waals surface area contributed by atoms with Crippen molar-refractivity contribution in [2.24, 2.45) is 0 Å². The number of hydrogen-bond acceptors (Lipinski definition) is 3. The molecule has 0 saturated carbocycles. The monoisotopic (exact) mass is 389 g/mol. The fraction of sp³-hybridized carbons (Fsp3) is 0.261. The van der Waals surface area contributed by atoms with E-state index in [4.69, 9.17) is 0 Å². The van der Waals surface area contributed by atoms with Crippen LogP contribution in [0.1, 0.15) is 34.3 Å². The number of piperidine rings is 1. The van der Waals surface area contributed by atoms with Crippen LogP contribution in [0, 0.1) is 6.92 Å². The van der Waals surface area contributed by atoms with Crippen molar-refractivity contribution in [2.45, 2.75) is 25.2 Å². The van der Waals surface area contributed by atoms with Crippen LogP contribution in [0.15, 0.2) is 67.0 Å². The van der Waals surface area contributed by atoms with Crippen LogP contribution in [0.25, 0.3) is 5.69 Å². The van der Waals surface area contributed by atoms with Crippen LogP contribution in [0.4, 0.5) is 0 Å². The summed E-state index contributed by atoms with van der Waals surface area (Å²) < 4.78 is 1.71. The van der Waals surface area contributed by atoms with Crippen LogP contribution < -0.4 is 0 Å². The quantitative estimate of drug-likeness (QED) is 0.742. The molecule has 0 radical (unpaired) electrons. The van der Waals surface area contributed by atoms with E-state index in [1.807, 2.05) is 61.5 Å². The second-order valence-electron chi connectivity index (χ2n) is 7.51. The van der Waals surface area contributed by atoms with Gasteiger partial charge in [-0.15, -0.1) is 0 Å². The Morgan fingerprint density at radius 3 is 2.31 bits per heavy atom. The SMILES string of the molecule is Cc1ccccc1-n1cc(C(=O)N2CCC(C(=O)O)(c3ccccc3)CC2)cn1. The topological polar surface area (TPSA) is 75.4 Å². The maximum absolute atomic E-state index is 13.0. The Bertz CT molecular complexity index is 1030. The summed E-state index contributed by atoms with van der Waals surface area (Å²) >= 11 is 0. The van der Waals surface area contributed by atoms with E-state index < -0.39 is 11.4 Å². The molecule has 6 heteroatoms. The molecule has 1 aromatic heterocycles. The van der Waals surface area contributed by atoms with Crippen LogP contribution in [0.5, 0.6) is 0 Å². The minimum atomic E-state index is -0.941. The molecule has 0 atom stereocenters. The van der Waals surface area contributed by atoms with Crippen molar-refractivity contribution >= 4 is 11.9 Å². The highest BCUT2D eigenvalue weighted by Crippen LogP contribution is 2.36. The Labute approximate surface area is 169 Å². The molecular weight excluding hydrogens is 366 g/mol. The molecule has 0 aliphatic carbocycles. The Morgan fingerprint density at radius 2 is 1.66 bits per heavy atom. The number of carboxylic acids is 1. The van der Waals surface area contributed by atoms with Gasteiger partial charge in [0.05, 0.1) is 22.9 Å². The van der Waals surface area contributed by atoms with Crippen LogP contribution in [-0.4, -0.2) is 44.8 Å². The summed E-state index contributed by atoms with van der Waals surface area (Å²) in [5.74, 6) is -0.944. The van der Waals surface area contributed by atoms with Crippen molar-refractivity contribution in [1.82, 2.24) is 14.7 Å².